The Kier molecular flexibility index (Phi) is 4.17. The van der Waals surface area contributed by atoms with Gasteiger partial charge >= 0.3 is 6.18 Å². The molecule has 0 spiro atoms. The van der Waals surface area contributed by atoms with Crippen molar-refractivity contribution in [3.05, 3.63) is 58.1 Å². The predicted octanol–water partition coefficient (Wildman–Crippen LogP) is 4.92. The Morgan fingerprint density at radius 1 is 1.25 bits per heavy atom. The molecular formula is C17H13ClF3NO2. The smallest absolute Gasteiger partial charge is 0.417 e. The van der Waals surface area contributed by atoms with E-state index in [1.807, 2.05) is 0 Å². The molecule has 24 heavy (non-hydrogen) atoms. The fraction of sp³-hybridized carbons (Fsp3) is 0.235. The number of nitrogens with zero attached hydrogens (tertiary/aromatic N) is 1. The third-order valence-corrected chi connectivity index (χ3v) is 4.10. The molecule has 0 unspecified atom stereocenters. The van der Waals surface area contributed by atoms with E-state index in [0.717, 1.165) is 17.7 Å². The van der Waals surface area contributed by atoms with E-state index in [2.05, 4.69) is 0 Å². The lowest BCUT2D eigenvalue weighted by Crippen LogP contribution is -2.24. The van der Waals surface area contributed by atoms with Crippen molar-refractivity contribution in [1.29, 1.82) is 0 Å². The van der Waals surface area contributed by atoms with Crippen LogP contribution in [-0.2, 0) is 12.7 Å². The zero-order valence-electron chi connectivity index (χ0n) is 12.7. The van der Waals surface area contributed by atoms with Gasteiger partial charge in [0.25, 0.3) is 5.91 Å². The molecule has 0 saturated heterocycles. The van der Waals surface area contributed by atoms with Crippen LogP contribution >= 0.6 is 11.6 Å². The molecule has 1 aliphatic heterocycles. The van der Waals surface area contributed by atoms with E-state index in [-0.39, 0.29) is 18.1 Å². The van der Waals surface area contributed by atoms with Crippen molar-refractivity contribution in [1.82, 2.24) is 0 Å². The standard InChI is InChI=1S/C17H13ClF3NO2/c1-2-24-14-5-3-4-10-9-22(16(23)15(10)14)11-6-7-13(18)12(8-11)17(19,20)21/h3-8H,2,9H2,1H3. The molecule has 1 aliphatic rings. The van der Waals surface area contributed by atoms with Gasteiger partial charge in [0, 0.05) is 5.69 Å². The first kappa shape index (κ1) is 16.6. The van der Waals surface area contributed by atoms with Gasteiger partial charge in [0.05, 0.1) is 29.3 Å². The zero-order valence-corrected chi connectivity index (χ0v) is 13.4. The Morgan fingerprint density at radius 3 is 2.67 bits per heavy atom. The molecule has 0 fully saturated rings. The number of fused-ring (bicyclic) bond motifs is 1. The van der Waals surface area contributed by atoms with Crippen LogP contribution in [0.15, 0.2) is 36.4 Å². The first-order valence-electron chi connectivity index (χ1n) is 7.26. The van der Waals surface area contributed by atoms with Crippen LogP contribution in [0.3, 0.4) is 0 Å². The number of halogens is 4. The third kappa shape index (κ3) is 2.82. The Bertz CT molecular complexity index is 805. The number of hydrogen-bond donors (Lipinski definition) is 0. The second-order valence-electron chi connectivity index (χ2n) is 5.28. The zero-order chi connectivity index (χ0) is 17.5. The van der Waals surface area contributed by atoms with E-state index in [1.165, 1.54) is 11.0 Å². The molecule has 0 N–H and O–H groups in total. The number of ether oxygens (including phenoxy) is 1. The van der Waals surface area contributed by atoms with E-state index in [4.69, 9.17) is 16.3 Å². The van der Waals surface area contributed by atoms with Gasteiger partial charge in [-0.05, 0) is 36.8 Å². The number of carbonyl (C=O) groups excluding carboxylic acids is 1. The van der Waals surface area contributed by atoms with E-state index < -0.39 is 16.8 Å². The van der Waals surface area contributed by atoms with Gasteiger partial charge in [-0.25, -0.2) is 0 Å². The molecule has 3 rings (SSSR count). The maximum absolute atomic E-state index is 13.0. The van der Waals surface area contributed by atoms with Crippen molar-refractivity contribution in [2.75, 3.05) is 11.5 Å². The van der Waals surface area contributed by atoms with Crippen molar-refractivity contribution < 1.29 is 22.7 Å². The Hall–Kier alpha value is -2.21. The summed E-state index contributed by atoms with van der Waals surface area (Å²) in [6.07, 6.45) is -4.58. The van der Waals surface area contributed by atoms with Crippen molar-refractivity contribution in [3.63, 3.8) is 0 Å². The minimum Gasteiger partial charge on any atom is -0.493 e. The number of anilines is 1. The molecule has 126 valence electrons. The van der Waals surface area contributed by atoms with E-state index >= 15 is 0 Å². The summed E-state index contributed by atoms with van der Waals surface area (Å²) in [5.74, 6) is 0.0528. The number of carbonyl (C=O) groups is 1. The van der Waals surface area contributed by atoms with Crippen LogP contribution in [0, 0.1) is 0 Å². The minimum absolute atomic E-state index is 0.148. The summed E-state index contributed by atoms with van der Waals surface area (Å²) >= 11 is 5.64. The maximum atomic E-state index is 13.0. The number of alkyl halides is 3. The molecule has 0 bridgehead atoms. The fourth-order valence-electron chi connectivity index (χ4n) is 2.71. The van der Waals surface area contributed by atoms with Gasteiger partial charge in [-0.3, -0.25) is 4.79 Å². The lowest BCUT2D eigenvalue weighted by molar-refractivity contribution is -0.137. The van der Waals surface area contributed by atoms with Crippen LogP contribution in [0.4, 0.5) is 18.9 Å². The highest BCUT2D eigenvalue weighted by atomic mass is 35.5. The van der Waals surface area contributed by atoms with Gasteiger partial charge in [-0.2, -0.15) is 13.2 Å². The van der Waals surface area contributed by atoms with E-state index in [1.54, 1.807) is 25.1 Å². The van der Waals surface area contributed by atoms with Crippen molar-refractivity contribution in [2.24, 2.45) is 0 Å². The van der Waals surface area contributed by atoms with Crippen LogP contribution in [-0.4, -0.2) is 12.5 Å². The number of benzene rings is 2. The molecule has 0 radical (unpaired) electrons. The summed E-state index contributed by atoms with van der Waals surface area (Å²) in [7, 11) is 0. The molecule has 0 atom stereocenters. The number of amides is 1. The summed E-state index contributed by atoms with van der Waals surface area (Å²) in [4.78, 5) is 14.0. The molecule has 0 aromatic heterocycles. The van der Waals surface area contributed by atoms with Crippen LogP contribution in [0.2, 0.25) is 5.02 Å². The molecule has 7 heteroatoms. The topological polar surface area (TPSA) is 29.5 Å². The lowest BCUT2D eigenvalue weighted by Gasteiger charge is -2.18. The van der Waals surface area contributed by atoms with Crippen molar-refractivity contribution in [2.45, 2.75) is 19.6 Å². The van der Waals surface area contributed by atoms with Crippen LogP contribution in [0.1, 0.15) is 28.4 Å². The quantitative estimate of drug-likeness (QED) is 0.782. The highest BCUT2D eigenvalue weighted by Gasteiger charge is 2.36. The Labute approximate surface area is 141 Å². The maximum Gasteiger partial charge on any atom is 0.417 e. The third-order valence-electron chi connectivity index (χ3n) is 3.77. The summed E-state index contributed by atoms with van der Waals surface area (Å²) < 4.78 is 44.5. The van der Waals surface area contributed by atoms with Gasteiger partial charge in [-0.1, -0.05) is 23.7 Å². The van der Waals surface area contributed by atoms with Gasteiger partial charge < -0.3 is 9.64 Å². The average Bonchev–Trinajstić information content (AvgIpc) is 2.85. The first-order chi connectivity index (χ1) is 11.3. The van der Waals surface area contributed by atoms with Crippen molar-refractivity contribution >= 4 is 23.2 Å². The SMILES string of the molecule is CCOc1cccc2c1C(=O)N(c1ccc(Cl)c(C(F)(F)F)c1)C2. The fourth-order valence-corrected chi connectivity index (χ4v) is 2.94. The number of hydrogen-bond acceptors (Lipinski definition) is 2. The van der Waals surface area contributed by atoms with E-state index in [9.17, 15) is 18.0 Å². The Morgan fingerprint density at radius 2 is 2.00 bits per heavy atom. The highest BCUT2D eigenvalue weighted by molar-refractivity contribution is 6.31. The van der Waals surface area contributed by atoms with Gasteiger partial charge in [0.15, 0.2) is 0 Å². The van der Waals surface area contributed by atoms with Crippen LogP contribution in [0.5, 0.6) is 5.75 Å². The minimum atomic E-state index is -4.58. The highest BCUT2D eigenvalue weighted by Crippen LogP contribution is 2.39. The molecule has 1 amide bonds. The lowest BCUT2D eigenvalue weighted by atomic mass is 10.1. The number of rotatable bonds is 3. The molecule has 1 heterocycles. The summed E-state index contributed by atoms with van der Waals surface area (Å²) in [6, 6.07) is 8.64. The second-order valence-corrected chi connectivity index (χ2v) is 5.68. The Balaban J connectivity index is 2.01. The van der Waals surface area contributed by atoms with E-state index in [0.29, 0.717) is 17.9 Å². The molecule has 2 aromatic rings. The van der Waals surface area contributed by atoms with Gasteiger partial charge in [0.1, 0.15) is 5.75 Å². The van der Waals surface area contributed by atoms with Crippen LogP contribution < -0.4 is 9.64 Å². The van der Waals surface area contributed by atoms with Crippen LogP contribution in [0.25, 0.3) is 0 Å². The van der Waals surface area contributed by atoms with Gasteiger partial charge in [0.2, 0.25) is 0 Å². The van der Waals surface area contributed by atoms with Gasteiger partial charge in [-0.15, -0.1) is 0 Å². The second kappa shape index (κ2) is 6.02. The summed E-state index contributed by atoms with van der Waals surface area (Å²) in [5.41, 5.74) is 0.295. The molecular weight excluding hydrogens is 343 g/mol. The molecule has 0 aliphatic carbocycles. The normalized spacial score (nSPS) is 14.0. The first-order valence-corrected chi connectivity index (χ1v) is 7.64. The predicted molar refractivity (Wildman–Crippen MR) is 84.6 cm³/mol. The summed E-state index contributed by atoms with van der Waals surface area (Å²) in [6.45, 7) is 2.38. The largest absolute Gasteiger partial charge is 0.493 e. The molecule has 3 nitrogen and oxygen atoms in total. The monoisotopic (exact) mass is 355 g/mol. The average molecular weight is 356 g/mol. The van der Waals surface area contributed by atoms with Crippen molar-refractivity contribution in [3.8, 4) is 5.75 Å². The summed E-state index contributed by atoms with van der Waals surface area (Å²) in [5, 5.41) is -0.398. The molecule has 0 saturated carbocycles. The molecule has 2 aromatic carbocycles.